The van der Waals surface area contributed by atoms with Gasteiger partial charge in [-0.1, -0.05) is 6.07 Å². The molecule has 1 aromatic carbocycles. The molecule has 0 atom stereocenters. The minimum Gasteiger partial charge on any atom is -0.490 e. The van der Waals surface area contributed by atoms with Gasteiger partial charge >= 0.3 is 0 Å². The smallest absolute Gasteiger partial charge is 0.290 e. The molecule has 7 heteroatoms. The molecule has 0 radical (unpaired) electrons. The molecule has 1 aliphatic rings. The van der Waals surface area contributed by atoms with Gasteiger partial charge in [0.1, 0.15) is 12.0 Å². The Balaban J connectivity index is 1.70. The number of fused-ring (bicyclic) bond motifs is 1. The van der Waals surface area contributed by atoms with Gasteiger partial charge in [0.15, 0.2) is 11.5 Å². The third-order valence-electron chi connectivity index (χ3n) is 3.57. The van der Waals surface area contributed by atoms with E-state index >= 15 is 0 Å². The minimum atomic E-state index is -0.435. The second-order valence-corrected chi connectivity index (χ2v) is 5.30. The summed E-state index contributed by atoms with van der Waals surface area (Å²) in [4.78, 5) is 14.4. The Morgan fingerprint density at radius 3 is 2.78 bits per heavy atom. The van der Waals surface area contributed by atoms with E-state index in [9.17, 15) is 10.1 Å². The Morgan fingerprint density at radius 2 is 2.04 bits per heavy atom. The summed E-state index contributed by atoms with van der Waals surface area (Å²) in [5, 5.41) is 14.0. The van der Waals surface area contributed by atoms with E-state index in [1.54, 1.807) is 13.0 Å². The average Bonchev–Trinajstić information content (AvgIpc) is 2.77. The molecule has 1 N–H and O–H groups in total. The number of nitro groups is 1. The second-order valence-electron chi connectivity index (χ2n) is 5.30. The molecule has 2 heterocycles. The third-order valence-corrected chi connectivity index (χ3v) is 3.57. The number of nitrogens with one attached hydrogen (secondary N) is 1. The van der Waals surface area contributed by atoms with Crippen LogP contribution in [0.5, 0.6) is 11.5 Å². The lowest BCUT2D eigenvalue weighted by Gasteiger charge is -2.10. The summed E-state index contributed by atoms with van der Waals surface area (Å²) in [6.07, 6.45) is 2.14. The lowest BCUT2D eigenvalue weighted by Crippen LogP contribution is -2.03. The van der Waals surface area contributed by atoms with Gasteiger partial charge in [0.05, 0.1) is 18.1 Å². The highest BCUT2D eigenvalue weighted by atomic mass is 16.6. The van der Waals surface area contributed by atoms with E-state index in [1.165, 1.54) is 6.20 Å². The van der Waals surface area contributed by atoms with E-state index in [0.717, 1.165) is 23.5 Å². The van der Waals surface area contributed by atoms with Crippen molar-refractivity contribution in [2.45, 2.75) is 19.9 Å². The van der Waals surface area contributed by atoms with Gasteiger partial charge in [-0.3, -0.25) is 10.1 Å². The maximum absolute atomic E-state index is 10.8. The Kier molecular flexibility index (Phi) is 4.27. The van der Waals surface area contributed by atoms with E-state index in [4.69, 9.17) is 9.47 Å². The zero-order valence-corrected chi connectivity index (χ0v) is 12.7. The first-order valence-corrected chi connectivity index (χ1v) is 7.37. The molecule has 0 amide bonds. The van der Waals surface area contributed by atoms with Crippen molar-refractivity contribution in [3.05, 3.63) is 51.7 Å². The Hall–Kier alpha value is -2.83. The number of aromatic nitrogens is 1. The highest BCUT2D eigenvalue weighted by molar-refractivity contribution is 5.48. The summed E-state index contributed by atoms with van der Waals surface area (Å²) >= 11 is 0. The van der Waals surface area contributed by atoms with Gasteiger partial charge in [0.25, 0.3) is 5.69 Å². The van der Waals surface area contributed by atoms with Crippen LogP contribution in [0.1, 0.15) is 17.5 Å². The molecule has 0 fully saturated rings. The van der Waals surface area contributed by atoms with Crippen molar-refractivity contribution < 1.29 is 14.4 Å². The van der Waals surface area contributed by atoms with Gasteiger partial charge in [-0.15, -0.1) is 0 Å². The monoisotopic (exact) mass is 315 g/mol. The van der Waals surface area contributed by atoms with Gasteiger partial charge < -0.3 is 14.8 Å². The number of benzene rings is 1. The van der Waals surface area contributed by atoms with Gasteiger partial charge in [0, 0.05) is 18.5 Å². The summed E-state index contributed by atoms with van der Waals surface area (Å²) in [5.41, 5.74) is 1.62. The number of hydrogen-bond donors (Lipinski definition) is 1. The molecular formula is C16H17N3O4. The molecule has 1 aromatic heterocycles. The van der Waals surface area contributed by atoms with Gasteiger partial charge in [-0.05, 0) is 30.7 Å². The van der Waals surface area contributed by atoms with Crippen LogP contribution in [0, 0.1) is 17.0 Å². The first-order chi connectivity index (χ1) is 11.1. The number of nitrogens with zero attached hydrogens (tertiary/aromatic N) is 2. The van der Waals surface area contributed by atoms with Crippen molar-refractivity contribution in [3.63, 3.8) is 0 Å². The number of aryl methyl sites for hydroxylation is 1. The van der Waals surface area contributed by atoms with Crippen molar-refractivity contribution in [2.24, 2.45) is 0 Å². The fraction of sp³-hybridized carbons (Fsp3) is 0.312. The van der Waals surface area contributed by atoms with E-state index in [2.05, 4.69) is 10.3 Å². The SMILES string of the molecule is Cc1cc(NCc2ccc3c(c2)OCCCO3)ncc1[N+](=O)[O-]. The van der Waals surface area contributed by atoms with Crippen LogP contribution in [0.4, 0.5) is 11.5 Å². The average molecular weight is 315 g/mol. The summed E-state index contributed by atoms with van der Waals surface area (Å²) < 4.78 is 11.3. The van der Waals surface area contributed by atoms with E-state index < -0.39 is 4.92 Å². The normalized spacial score (nSPS) is 13.3. The van der Waals surface area contributed by atoms with E-state index in [-0.39, 0.29) is 5.69 Å². The molecule has 2 aromatic rings. The number of anilines is 1. The van der Waals surface area contributed by atoms with Crippen LogP contribution in [0.25, 0.3) is 0 Å². The summed E-state index contributed by atoms with van der Waals surface area (Å²) in [5.74, 6) is 2.10. The van der Waals surface area contributed by atoms with Crippen LogP contribution in [0.3, 0.4) is 0 Å². The first-order valence-electron chi connectivity index (χ1n) is 7.37. The molecule has 0 aliphatic carbocycles. The number of rotatable bonds is 4. The van der Waals surface area contributed by atoms with Crippen LogP contribution in [0.15, 0.2) is 30.5 Å². The van der Waals surface area contributed by atoms with Crippen LogP contribution in [-0.4, -0.2) is 23.1 Å². The maximum atomic E-state index is 10.8. The Bertz CT molecular complexity index is 733. The number of pyridine rings is 1. The first kappa shape index (κ1) is 15.1. The maximum Gasteiger partial charge on any atom is 0.290 e. The molecule has 7 nitrogen and oxygen atoms in total. The quantitative estimate of drug-likeness (QED) is 0.689. The zero-order chi connectivity index (χ0) is 16.2. The minimum absolute atomic E-state index is 0.0196. The number of ether oxygens (including phenoxy) is 2. The third kappa shape index (κ3) is 3.50. The lowest BCUT2D eigenvalue weighted by atomic mass is 10.2. The van der Waals surface area contributed by atoms with Crippen molar-refractivity contribution >= 4 is 11.5 Å². The molecule has 120 valence electrons. The molecule has 0 saturated carbocycles. The van der Waals surface area contributed by atoms with E-state index in [0.29, 0.717) is 31.1 Å². The van der Waals surface area contributed by atoms with Crippen molar-refractivity contribution in [3.8, 4) is 11.5 Å². The fourth-order valence-electron chi connectivity index (χ4n) is 2.35. The van der Waals surface area contributed by atoms with Crippen molar-refractivity contribution in [1.29, 1.82) is 0 Å². The van der Waals surface area contributed by atoms with Gasteiger partial charge in [0.2, 0.25) is 0 Å². The molecule has 0 saturated heterocycles. The van der Waals surface area contributed by atoms with Crippen molar-refractivity contribution in [1.82, 2.24) is 4.98 Å². The standard InChI is InChI=1S/C16H17N3O4/c1-11-7-16(18-10-13(11)19(20)21)17-9-12-3-4-14-15(8-12)23-6-2-5-22-14/h3-4,7-8,10H,2,5-6,9H2,1H3,(H,17,18). The van der Waals surface area contributed by atoms with Crippen LogP contribution < -0.4 is 14.8 Å². The summed E-state index contributed by atoms with van der Waals surface area (Å²) in [6.45, 7) is 3.54. The molecule has 0 bridgehead atoms. The summed E-state index contributed by atoms with van der Waals surface area (Å²) in [7, 11) is 0. The van der Waals surface area contributed by atoms with E-state index in [1.807, 2.05) is 18.2 Å². The van der Waals surface area contributed by atoms with Crippen LogP contribution >= 0.6 is 0 Å². The van der Waals surface area contributed by atoms with Crippen LogP contribution in [0.2, 0.25) is 0 Å². The van der Waals surface area contributed by atoms with Gasteiger partial charge in [-0.2, -0.15) is 0 Å². The predicted molar refractivity (Wildman–Crippen MR) is 85.0 cm³/mol. The highest BCUT2D eigenvalue weighted by Gasteiger charge is 2.12. The molecule has 23 heavy (non-hydrogen) atoms. The molecular weight excluding hydrogens is 298 g/mol. The Morgan fingerprint density at radius 1 is 1.26 bits per heavy atom. The topological polar surface area (TPSA) is 86.5 Å². The predicted octanol–water partition coefficient (Wildman–Crippen LogP) is 3.07. The summed E-state index contributed by atoms with van der Waals surface area (Å²) in [6, 6.07) is 7.46. The second kappa shape index (κ2) is 6.51. The molecule has 1 aliphatic heterocycles. The fourth-order valence-corrected chi connectivity index (χ4v) is 2.35. The van der Waals surface area contributed by atoms with Gasteiger partial charge in [-0.25, -0.2) is 4.98 Å². The van der Waals surface area contributed by atoms with Crippen LogP contribution in [-0.2, 0) is 6.54 Å². The zero-order valence-electron chi connectivity index (χ0n) is 12.7. The Labute approximate surface area is 133 Å². The highest BCUT2D eigenvalue weighted by Crippen LogP contribution is 2.30. The molecule has 0 spiro atoms. The largest absolute Gasteiger partial charge is 0.490 e. The van der Waals surface area contributed by atoms with Crippen molar-refractivity contribution in [2.75, 3.05) is 18.5 Å². The lowest BCUT2D eigenvalue weighted by molar-refractivity contribution is -0.385. The molecule has 3 rings (SSSR count). The molecule has 0 unspecified atom stereocenters. The number of hydrogen-bond acceptors (Lipinski definition) is 6.